The van der Waals surface area contributed by atoms with Crippen molar-refractivity contribution in [2.45, 2.75) is 31.8 Å². The molecule has 0 spiro atoms. The van der Waals surface area contributed by atoms with Gasteiger partial charge < -0.3 is 25.4 Å². The lowest BCUT2D eigenvalue weighted by Gasteiger charge is -2.37. The maximum Gasteiger partial charge on any atom is 0.315 e. The number of nitrogens with zero attached hydrogens (tertiary/aromatic N) is 1. The number of carbonyl (C=O) groups is 2. The Morgan fingerprint density at radius 1 is 1.07 bits per heavy atom. The van der Waals surface area contributed by atoms with Gasteiger partial charge in [0, 0.05) is 56.4 Å². The van der Waals surface area contributed by atoms with Crippen LogP contribution in [0.5, 0.6) is 0 Å². The van der Waals surface area contributed by atoms with Gasteiger partial charge in [-0.15, -0.1) is 0 Å². The third-order valence-corrected chi connectivity index (χ3v) is 6.09. The molecule has 3 fully saturated rings. The first-order chi connectivity index (χ1) is 14.7. The van der Waals surface area contributed by atoms with Gasteiger partial charge in [0.15, 0.2) is 0 Å². The van der Waals surface area contributed by atoms with E-state index in [1.54, 1.807) is 0 Å². The van der Waals surface area contributed by atoms with Gasteiger partial charge in [-0.1, -0.05) is 12.1 Å². The highest BCUT2D eigenvalue weighted by Crippen LogP contribution is 2.30. The number of rotatable bonds is 8. The van der Waals surface area contributed by atoms with Gasteiger partial charge in [0.2, 0.25) is 5.91 Å². The molecule has 2 saturated heterocycles. The van der Waals surface area contributed by atoms with Gasteiger partial charge in [-0.3, -0.25) is 9.69 Å². The number of morpholine rings is 1. The molecule has 2 unspecified atom stereocenters. The monoisotopic (exact) mass is 416 g/mol. The minimum atomic E-state index is -0.181. The standard InChI is InChI=1S/C22H32N4O4/c27-21(17-4-5-17)25-19-3-1-2-16(12-19)13-23-22(28)24-14-20(18-6-9-30-15-18)26-7-10-29-11-8-26/h1-3,12,17-18,20H,4-11,13-15H2,(H,25,27)(H2,23,24,28). The Balaban J connectivity index is 1.24. The fourth-order valence-corrected chi connectivity index (χ4v) is 4.15. The molecular weight excluding hydrogens is 384 g/mol. The van der Waals surface area contributed by atoms with Crippen LogP contribution in [0.3, 0.4) is 0 Å². The SMILES string of the molecule is O=C(NCc1cccc(NC(=O)C2CC2)c1)NCC(C1CCOC1)N1CCOCC1. The van der Waals surface area contributed by atoms with Crippen LogP contribution in [0.25, 0.3) is 0 Å². The van der Waals surface area contributed by atoms with E-state index in [9.17, 15) is 9.59 Å². The fraction of sp³-hybridized carbons (Fsp3) is 0.636. The molecule has 3 aliphatic rings. The zero-order valence-corrected chi connectivity index (χ0v) is 17.4. The first-order valence-electron chi connectivity index (χ1n) is 11.0. The van der Waals surface area contributed by atoms with E-state index in [4.69, 9.17) is 9.47 Å². The van der Waals surface area contributed by atoms with Crippen LogP contribution in [0.15, 0.2) is 24.3 Å². The third-order valence-electron chi connectivity index (χ3n) is 6.09. The number of nitrogens with one attached hydrogen (secondary N) is 3. The number of benzene rings is 1. The van der Waals surface area contributed by atoms with Gasteiger partial charge >= 0.3 is 6.03 Å². The first kappa shape index (κ1) is 21.1. The summed E-state index contributed by atoms with van der Waals surface area (Å²) in [5.74, 6) is 0.695. The van der Waals surface area contributed by atoms with E-state index in [2.05, 4.69) is 20.9 Å². The molecule has 1 aliphatic carbocycles. The molecule has 8 nitrogen and oxygen atoms in total. The van der Waals surface area contributed by atoms with Crippen molar-refractivity contribution in [3.05, 3.63) is 29.8 Å². The lowest BCUT2D eigenvalue weighted by atomic mass is 9.97. The van der Waals surface area contributed by atoms with Crippen molar-refractivity contribution in [3.63, 3.8) is 0 Å². The quantitative estimate of drug-likeness (QED) is 0.598. The number of ether oxygens (including phenoxy) is 2. The molecule has 1 aromatic rings. The zero-order chi connectivity index (χ0) is 20.8. The Labute approximate surface area is 177 Å². The molecule has 0 bridgehead atoms. The largest absolute Gasteiger partial charge is 0.381 e. The smallest absolute Gasteiger partial charge is 0.315 e. The lowest BCUT2D eigenvalue weighted by Crippen LogP contribution is -2.53. The van der Waals surface area contributed by atoms with Crippen molar-refractivity contribution in [1.29, 1.82) is 0 Å². The van der Waals surface area contributed by atoms with Crippen molar-refractivity contribution in [2.24, 2.45) is 11.8 Å². The maximum absolute atomic E-state index is 12.4. The van der Waals surface area contributed by atoms with Crippen LogP contribution in [0.4, 0.5) is 10.5 Å². The van der Waals surface area contributed by atoms with E-state index in [0.717, 1.165) is 70.0 Å². The van der Waals surface area contributed by atoms with Gasteiger partial charge in [-0.05, 0) is 37.0 Å². The van der Waals surface area contributed by atoms with Crippen LogP contribution in [0, 0.1) is 11.8 Å². The summed E-state index contributed by atoms with van der Waals surface area (Å²) in [6.45, 7) is 5.82. The molecule has 2 heterocycles. The van der Waals surface area contributed by atoms with Gasteiger partial charge in [-0.2, -0.15) is 0 Å². The first-order valence-corrected chi connectivity index (χ1v) is 11.0. The summed E-state index contributed by atoms with van der Waals surface area (Å²) < 4.78 is 11.1. The molecule has 30 heavy (non-hydrogen) atoms. The molecule has 2 atom stereocenters. The Kier molecular flexibility index (Phi) is 7.20. The highest BCUT2D eigenvalue weighted by molar-refractivity contribution is 5.94. The van der Waals surface area contributed by atoms with E-state index in [-0.39, 0.29) is 23.9 Å². The van der Waals surface area contributed by atoms with E-state index < -0.39 is 0 Å². The fourth-order valence-electron chi connectivity index (χ4n) is 4.15. The van der Waals surface area contributed by atoms with Crippen molar-refractivity contribution in [3.8, 4) is 0 Å². The third kappa shape index (κ3) is 5.93. The van der Waals surface area contributed by atoms with Crippen molar-refractivity contribution in [1.82, 2.24) is 15.5 Å². The van der Waals surface area contributed by atoms with Crippen molar-refractivity contribution >= 4 is 17.6 Å². The summed E-state index contributed by atoms with van der Waals surface area (Å²) in [6, 6.07) is 7.71. The summed E-state index contributed by atoms with van der Waals surface area (Å²) in [5, 5.41) is 8.91. The van der Waals surface area contributed by atoms with Crippen molar-refractivity contribution in [2.75, 3.05) is 51.4 Å². The molecule has 8 heteroatoms. The van der Waals surface area contributed by atoms with Gasteiger partial charge in [0.1, 0.15) is 0 Å². The Morgan fingerprint density at radius 3 is 2.63 bits per heavy atom. The number of amides is 3. The van der Waals surface area contributed by atoms with Crippen LogP contribution in [-0.4, -0.2) is 68.9 Å². The Hall–Kier alpha value is -2.16. The van der Waals surface area contributed by atoms with E-state index in [0.29, 0.717) is 19.0 Å². The predicted octanol–water partition coefficient (Wildman–Crippen LogP) is 1.57. The number of carbonyl (C=O) groups excluding carboxylic acids is 2. The second-order valence-corrected chi connectivity index (χ2v) is 8.37. The molecule has 3 amide bonds. The summed E-state index contributed by atoms with van der Waals surface area (Å²) >= 11 is 0. The highest BCUT2D eigenvalue weighted by Gasteiger charge is 2.32. The van der Waals surface area contributed by atoms with Crippen LogP contribution < -0.4 is 16.0 Å². The summed E-state index contributed by atoms with van der Waals surface area (Å²) in [4.78, 5) is 26.8. The van der Waals surface area contributed by atoms with Crippen LogP contribution in [0.1, 0.15) is 24.8 Å². The topological polar surface area (TPSA) is 91.9 Å². The number of urea groups is 1. The van der Waals surface area contributed by atoms with Crippen LogP contribution >= 0.6 is 0 Å². The molecule has 164 valence electrons. The molecular formula is C22H32N4O4. The summed E-state index contributed by atoms with van der Waals surface area (Å²) in [6.07, 6.45) is 2.99. The van der Waals surface area contributed by atoms with E-state index in [1.807, 2.05) is 24.3 Å². The molecule has 3 N–H and O–H groups in total. The lowest BCUT2D eigenvalue weighted by molar-refractivity contribution is -0.117. The normalized spacial score (nSPS) is 23.0. The summed E-state index contributed by atoms with van der Waals surface area (Å²) in [7, 11) is 0. The second-order valence-electron chi connectivity index (χ2n) is 8.37. The van der Waals surface area contributed by atoms with Gasteiger partial charge in [-0.25, -0.2) is 4.79 Å². The van der Waals surface area contributed by atoms with Gasteiger partial charge in [0.25, 0.3) is 0 Å². The minimum Gasteiger partial charge on any atom is -0.381 e. The zero-order valence-electron chi connectivity index (χ0n) is 17.4. The Morgan fingerprint density at radius 2 is 1.90 bits per heavy atom. The molecule has 0 radical (unpaired) electrons. The van der Waals surface area contributed by atoms with Crippen LogP contribution in [-0.2, 0) is 20.8 Å². The molecule has 2 aliphatic heterocycles. The van der Waals surface area contributed by atoms with Crippen LogP contribution in [0.2, 0.25) is 0 Å². The number of anilines is 1. The second kappa shape index (κ2) is 10.2. The maximum atomic E-state index is 12.4. The predicted molar refractivity (Wildman–Crippen MR) is 113 cm³/mol. The van der Waals surface area contributed by atoms with E-state index >= 15 is 0 Å². The molecule has 0 aromatic heterocycles. The minimum absolute atomic E-state index is 0.0860. The number of hydrogen-bond donors (Lipinski definition) is 3. The highest BCUT2D eigenvalue weighted by atomic mass is 16.5. The van der Waals surface area contributed by atoms with Gasteiger partial charge in [0.05, 0.1) is 19.8 Å². The van der Waals surface area contributed by atoms with Crippen molar-refractivity contribution < 1.29 is 19.1 Å². The Bertz CT molecular complexity index is 728. The molecule has 4 rings (SSSR count). The van der Waals surface area contributed by atoms with E-state index in [1.165, 1.54) is 0 Å². The number of hydrogen-bond acceptors (Lipinski definition) is 5. The average Bonchev–Trinajstić information content (AvgIpc) is 3.49. The molecule has 1 saturated carbocycles. The molecule has 1 aromatic carbocycles. The summed E-state index contributed by atoms with van der Waals surface area (Å²) in [5.41, 5.74) is 1.73. The average molecular weight is 417 g/mol.